The maximum Gasteiger partial charge on any atom is 0.269 e. The number of carbonyl (C=O) groups excluding carboxylic acids is 1. The minimum Gasteiger partial charge on any atom is -0.339 e. The Morgan fingerprint density at radius 1 is 1.26 bits per heavy atom. The van der Waals surface area contributed by atoms with E-state index >= 15 is 0 Å². The Kier molecular flexibility index (Phi) is 4.14. The van der Waals surface area contributed by atoms with Crippen molar-refractivity contribution in [1.82, 2.24) is 19.2 Å². The molecule has 0 atom stereocenters. The van der Waals surface area contributed by atoms with Gasteiger partial charge in [-0.05, 0) is 12.1 Å². The van der Waals surface area contributed by atoms with E-state index < -0.39 is 10.0 Å². The lowest BCUT2D eigenvalue weighted by Crippen LogP contribution is -2.39. The molecule has 1 N–H and O–H groups in total. The Labute approximate surface area is 132 Å². The molecule has 0 unspecified atom stereocenters. The molecule has 2 aromatic rings. The Hall–Kier alpha value is -2.26. The Bertz CT molecular complexity index is 906. The molecule has 0 saturated carbocycles. The van der Waals surface area contributed by atoms with Gasteiger partial charge in [0.1, 0.15) is 6.54 Å². The third-order valence-corrected chi connectivity index (χ3v) is 5.10. The zero-order valence-corrected chi connectivity index (χ0v) is 13.1. The van der Waals surface area contributed by atoms with Gasteiger partial charge in [-0.25, -0.2) is 18.1 Å². The van der Waals surface area contributed by atoms with Crippen LogP contribution in [0.15, 0.2) is 35.3 Å². The Morgan fingerprint density at radius 2 is 2.04 bits per heavy atom. The van der Waals surface area contributed by atoms with Crippen molar-refractivity contribution in [2.24, 2.45) is 0 Å². The number of carbonyl (C=O) groups is 1. The number of hydrogen-bond donors (Lipinski definition) is 1. The van der Waals surface area contributed by atoms with E-state index in [1.54, 1.807) is 24.3 Å². The highest BCUT2D eigenvalue weighted by Crippen LogP contribution is 2.09. The van der Waals surface area contributed by atoms with Gasteiger partial charge in [0.25, 0.3) is 5.56 Å². The zero-order chi connectivity index (χ0) is 16.4. The van der Waals surface area contributed by atoms with Crippen LogP contribution >= 0.6 is 0 Å². The molecule has 1 amide bonds. The second-order valence-electron chi connectivity index (χ2n) is 5.27. The number of rotatable bonds is 2. The third kappa shape index (κ3) is 3.40. The number of amides is 1. The van der Waals surface area contributed by atoms with Gasteiger partial charge in [0.05, 0.1) is 23.0 Å². The quantitative estimate of drug-likeness (QED) is 0.770. The van der Waals surface area contributed by atoms with Crippen molar-refractivity contribution in [2.45, 2.75) is 6.54 Å². The maximum absolute atomic E-state index is 12.5. The van der Waals surface area contributed by atoms with Gasteiger partial charge in [0.2, 0.25) is 15.9 Å². The van der Waals surface area contributed by atoms with E-state index in [0.29, 0.717) is 11.0 Å². The summed E-state index contributed by atoms with van der Waals surface area (Å²) >= 11 is 0. The second kappa shape index (κ2) is 6.09. The van der Waals surface area contributed by atoms with Crippen LogP contribution in [0.2, 0.25) is 0 Å². The van der Waals surface area contributed by atoms with Gasteiger partial charge in [0.15, 0.2) is 0 Å². The van der Waals surface area contributed by atoms with E-state index in [1.807, 2.05) is 0 Å². The van der Waals surface area contributed by atoms with Crippen LogP contribution in [0, 0.1) is 0 Å². The van der Waals surface area contributed by atoms with Gasteiger partial charge in [-0.15, -0.1) is 0 Å². The van der Waals surface area contributed by atoms with Crippen LogP contribution in [0.4, 0.5) is 0 Å². The zero-order valence-electron chi connectivity index (χ0n) is 12.3. The standard InChI is InChI=1S/C14H16N4O4S/c19-13-9-15-11-3-1-2-4-12(11)18(13)10-14(20)17-6-5-16-23(21,22)8-7-17/h1-4,9,16H,5-8,10H2. The fraction of sp³-hybridized carbons (Fsp3) is 0.357. The van der Waals surface area contributed by atoms with E-state index in [9.17, 15) is 18.0 Å². The smallest absolute Gasteiger partial charge is 0.269 e. The van der Waals surface area contributed by atoms with E-state index in [4.69, 9.17) is 0 Å². The normalized spacial score (nSPS) is 17.8. The first-order valence-corrected chi connectivity index (χ1v) is 8.81. The molecule has 3 rings (SSSR count). The summed E-state index contributed by atoms with van der Waals surface area (Å²) in [5, 5.41) is 0. The fourth-order valence-corrected chi connectivity index (χ4v) is 3.52. The topological polar surface area (TPSA) is 101 Å². The molecule has 1 aliphatic heterocycles. The van der Waals surface area contributed by atoms with Crippen molar-refractivity contribution >= 4 is 27.0 Å². The first kappa shape index (κ1) is 15.6. The largest absolute Gasteiger partial charge is 0.339 e. The summed E-state index contributed by atoms with van der Waals surface area (Å²) in [6.45, 7) is 0.448. The molecular formula is C14H16N4O4S. The van der Waals surface area contributed by atoms with Crippen molar-refractivity contribution in [3.05, 3.63) is 40.8 Å². The SMILES string of the molecule is O=C(Cn1c(=O)cnc2ccccc21)N1CCNS(=O)(=O)CC1. The number of fused-ring (bicyclic) bond motifs is 1. The number of nitrogens with one attached hydrogen (secondary N) is 1. The summed E-state index contributed by atoms with van der Waals surface area (Å²) in [6.07, 6.45) is 1.18. The molecule has 0 bridgehead atoms. The van der Waals surface area contributed by atoms with E-state index in [1.165, 1.54) is 15.7 Å². The molecule has 8 nitrogen and oxygen atoms in total. The first-order valence-electron chi connectivity index (χ1n) is 7.16. The monoisotopic (exact) mass is 336 g/mol. The van der Waals surface area contributed by atoms with Gasteiger partial charge < -0.3 is 4.90 Å². The maximum atomic E-state index is 12.5. The molecule has 23 heavy (non-hydrogen) atoms. The van der Waals surface area contributed by atoms with Crippen LogP contribution in [0.3, 0.4) is 0 Å². The summed E-state index contributed by atoms with van der Waals surface area (Å²) in [4.78, 5) is 30.0. The second-order valence-corrected chi connectivity index (χ2v) is 7.19. The van der Waals surface area contributed by atoms with Crippen molar-refractivity contribution in [3.8, 4) is 0 Å². The molecular weight excluding hydrogens is 320 g/mol. The van der Waals surface area contributed by atoms with Gasteiger partial charge in [-0.2, -0.15) is 0 Å². The van der Waals surface area contributed by atoms with Gasteiger partial charge in [-0.1, -0.05) is 12.1 Å². The molecule has 1 aromatic heterocycles. The van der Waals surface area contributed by atoms with Crippen LogP contribution in [-0.4, -0.2) is 54.2 Å². The highest BCUT2D eigenvalue weighted by Gasteiger charge is 2.22. The summed E-state index contributed by atoms with van der Waals surface area (Å²) in [5.74, 6) is -0.424. The molecule has 1 aliphatic rings. The van der Waals surface area contributed by atoms with Crippen molar-refractivity contribution in [2.75, 3.05) is 25.4 Å². The lowest BCUT2D eigenvalue weighted by Gasteiger charge is -2.20. The average molecular weight is 336 g/mol. The number of para-hydroxylation sites is 2. The van der Waals surface area contributed by atoms with E-state index in [0.717, 1.165) is 0 Å². The van der Waals surface area contributed by atoms with Crippen LogP contribution in [0.1, 0.15) is 0 Å². The van der Waals surface area contributed by atoms with Crippen LogP contribution in [-0.2, 0) is 21.4 Å². The Morgan fingerprint density at radius 3 is 2.87 bits per heavy atom. The highest BCUT2D eigenvalue weighted by molar-refractivity contribution is 7.89. The van der Waals surface area contributed by atoms with Crippen LogP contribution < -0.4 is 10.3 Å². The van der Waals surface area contributed by atoms with Gasteiger partial charge in [0, 0.05) is 19.6 Å². The van der Waals surface area contributed by atoms with E-state index in [2.05, 4.69) is 9.71 Å². The molecule has 0 spiro atoms. The lowest BCUT2D eigenvalue weighted by molar-refractivity contribution is -0.131. The number of aromatic nitrogens is 2. The minimum atomic E-state index is -3.32. The summed E-state index contributed by atoms with van der Waals surface area (Å²) in [5.41, 5.74) is 0.839. The molecule has 9 heteroatoms. The predicted octanol–water partition coefficient (Wildman–Crippen LogP) is -0.842. The summed E-state index contributed by atoms with van der Waals surface area (Å²) < 4.78 is 26.8. The predicted molar refractivity (Wildman–Crippen MR) is 84.4 cm³/mol. The lowest BCUT2D eigenvalue weighted by atomic mass is 10.3. The fourth-order valence-electron chi connectivity index (χ4n) is 2.51. The van der Waals surface area contributed by atoms with Crippen LogP contribution in [0.25, 0.3) is 11.0 Å². The highest BCUT2D eigenvalue weighted by atomic mass is 32.2. The number of nitrogens with zero attached hydrogens (tertiary/aromatic N) is 3. The van der Waals surface area contributed by atoms with E-state index in [-0.39, 0.29) is 43.4 Å². The first-order chi connectivity index (χ1) is 11.0. The molecule has 0 aliphatic carbocycles. The average Bonchev–Trinajstić information content (AvgIpc) is 2.71. The van der Waals surface area contributed by atoms with Crippen molar-refractivity contribution < 1.29 is 13.2 Å². The molecule has 1 saturated heterocycles. The molecule has 1 aromatic carbocycles. The molecule has 122 valence electrons. The number of benzene rings is 1. The van der Waals surface area contributed by atoms with Crippen LogP contribution in [0.5, 0.6) is 0 Å². The summed E-state index contributed by atoms with van der Waals surface area (Å²) in [7, 11) is -3.32. The number of hydrogen-bond acceptors (Lipinski definition) is 5. The van der Waals surface area contributed by atoms with Crippen molar-refractivity contribution in [3.63, 3.8) is 0 Å². The number of sulfonamides is 1. The van der Waals surface area contributed by atoms with Gasteiger partial charge in [-0.3, -0.25) is 14.2 Å². The third-order valence-electron chi connectivity index (χ3n) is 3.73. The van der Waals surface area contributed by atoms with Crippen molar-refractivity contribution in [1.29, 1.82) is 0 Å². The minimum absolute atomic E-state index is 0.117. The Balaban J connectivity index is 1.86. The summed E-state index contributed by atoms with van der Waals surface area (Å²) in [6, 6.07) is 7.06. The molecule has 0 radical (unpaired) electrons. The van der Waals surface area contributed by atoms with Gasteiger partial charge >= 0.3 is 0 Å². The molecule has 2 heterocycles. The molecule has 1 fully saturated rings.